The minimum Gasteiger partial charge on any atom is -0.497 e. The first kappa shape index (κ1) is 17.1. The van der Waals surface area contributed by atoms with E-state index in [-0.39, 0.29) is 0 Å². The van der Waals surface area contributed by atoms with E-state index >= 15 is 0 Å². The summed E-state index contributed by atoms with van der Waals surface area (Å²) in [6.45, 7) is 5.60. The van der Waals surface area contributed by atoms with Gasteiger partial charge >= 0.3 is 0 Å². The highest BCUT2D eigenvalue weighted by Gasteiger charge is 2.07. The Hall–Kier alpha value is -2.28. The van der Waals surface area contributed by atoms with Gasteiger partial charge in [0.2, 0.25) is 0 Å². The molecule has 7 heteroatoms. The lowest BCUT2D eigenvalue weighted by atomic mass is 10.2. The van der Waals surface area contributed by atoms with Crippen molar-refractivity contribution in [3.63, 3.8) is 0 Å². The van der Waals surface area contributed by atoms with Crippen molar-refractivity contribution in [3.8, 4) is 11.5 Å². The molecule has 1 heterocycles. The van der Waals surface area contributed by atoms with Crippen LogP contribution >= 0.6 is 12.2 Å². The van der Waals surface area contributed by atoms with Crippen LogP contribution in [0.3, 0.4) is 0 Å². The van der Waals surface area contributed by atoms with Gasteiger partial charge in [-0.15, -0.1) is 0 Å². The second-order valence-corrected chi connectivity index (χ2v) is 5.39. The Morgan fingerprint density at radius 1 is 1.22 bits per heavy atom. The van der Waals surface area contributed by atoms with Crippen LogP contribution in [0.1, 0.15) is 18.2 Å². The molecule has 0 bridgehead atoms. The predicted octanol–water partition coefficient (Wildman–Crippen LogP) is 2.72. The summed E-state index contributed by atoms with van der Waals surface area (Å²) in [5, 5.41) is 11.2. The molecule has 0 saturated heterocycles. The molecule has 0 saturated carbocycles. The zero-order valence-electron chi connectivity index (χ0n) is 13.8. The smallest absolute Gasteiger partial charge is 0.171 e. The average Bonchev–Trinajstić information content (AvgIpc) is 2.92. The van der Waals surface area contributed by atoms with E-state index in [2.05, 4.69) is 29.6 Å². The number of hydrogen-bond acceptors (Lipinski definition) is 4. The van der Waals surface area contributed by atoms with Crippen molar-refractivity contribution in [2.24, 2.45) is 0 Å². The summed E-state index contributed by atoms with van der Waals surface area (Å²) in [7, 11) is 3.23. The highest BCUT2D eigenvalue weighted by Crippen LogP contribution is 2.25. The van der Waals surface area contributed by atoms with Crippen LogP contribution in [0.25, 0.3) is 0 Å². The van der Waals surface area contributed by atoms with Crippen LogP contribution in [-0.2, 0) is 13.1 Å². The summed E-state index contributed by atoms with van der Waals surface area (Å²) in [4.78, 5) is 0. The first-order chi connectivity index (χ1) is 11.1. The maximum atomic E-state index is 5.34. The Morgan fingerprint density at radius 3 is 2.39 bits per heavy atom. The molecule has 0 aliphatic carbocycles. The van der Waals surface area contributed by atoms with Crippen molar-refractivity contribution in [1.82, 2.24) is 15.1 Å². The fraction of sp³-hybridized carbons (Fsp3) is 0.375. The van der Waals surface area contributed by atoms with Gasteiger partial charge in [0, 0.05) is 48.2 Å². The molecule has 2 rings (SSSR count). The molecule has 0 fully saturated rings. The Balaban J connectivity index is 1.98. The van der Waals surface area contributed by atoms with Gasteiger partial charge in [0.1, 0.15) is 11.5 Å². The molecule has 0 aliphatic rings. The average molecular weight is 334 g/mol. The van der Waals surface area contributed by atoms with Crippen LogP contribution in [-0.4, -0.2) is 29.1 Å². The molecule has 1 aromatic heterocycles. The van der Waals surface area contributed by atoms with E-state index in [1.807, 2.05) is 29.1 Å². The van der Waals surface area contributed by atoms with Gasteiger partial charge in [0.15, 0.2) is 5.11 Å². The van der Waals surface area contributed by atoms with Crippen molar-refractivity contribution in [2.75, 3.05) is 19.5 Å². The lowest BCUT2D eigenvalue weighted by Gasteiger charge is -2.13. The molecule has 0 atom stereocenters. The van der Waals surface area contributed by atoms with Crippen LogP contribution in [0.5, 0.6) is 11.5 Å². The summed E-state index contributed by atoms with van der Waals surface area (Å²) in [5.74, 6) is 1.41. The molecule has 2 aromatic rings. The maximum absolute atomic E-state index is 5.34. The van der Waals surface area contributed by atoms with Crippen LogP contribution in [0.4, 0.5) is 5.69 Å². The zero-order valence-corrected chi connectivity index (χ0v) is 14.7. The third-order valence-corrected chi connectivity index (χ3v) is 3.80. The number of benzene rings is 1. The number of hydrogen-bond donors (Lipinski definition) is 2. The number of methoxy groups -OCH3 is 2. The van der Waals surface area contributed by atoms with E-state index in [9.17, 15) is 0 Å². The van der Waals surface area contributed by atoms with Crippen molar-refractivity contribution < 1.29 is 9.47 Å². The molecule has 124 valence electrons. The predicted molar refractivity (Wildman–Crippen MR) is 95.2 cm³/mol. The van der Waals surface area contributed by atoms with Gasteiger partial charge in [-0.1, -0.05) is 0 Å². The van der Waals surface area contributed by atoms with Crippen molar-refractivity contribution in [1.29, 1.82) is 0 Å². The van der Waals surface area contributed by atoms with Crippen molar-refractivity contribution >= 4 is 23.0 Å². The van der Waals surface area contributed by atoms with Gasteiger partial charge in [-0.25, -0.2) is 0 Å². The minimum atomic E-state index is 0.531. The van der Waals surface area contributed by atoms with Gasteiger partial charge in [-0.2, -0.15) is 5.10 Å². The molecular weight excluding hydrogens is 312 g/mol. The quantitative estimate of drug-likeness (QED) is 0.792. The van der Waals surface area contributed by atoms with E-state index in [1.165, 1.54) is 0 Å². The fourth-order valence-corrected chi connectivity index (χ4v) is 2.40. The second kappa shape index (κ2) is 7.82. The number of anilines is 1. The number of aromatic nitrogens is 2. The first-order valence-electron chi connectivity index (χ1n) is 7.36. The maximum Gasteiger partial charge on any atom is 0.171 e. The highest BCUT2D eigenvalue weighted by atomic mass is 32.1. The van der Waals surface area contributed by atoms with E-state index in [0.717, 1.165) is 23.5 Å². The van der Waals surface area contributed by atoms with Gasteiger partial charge in [-0.3, -0.25) is 4.68 Å². The topological polar surface area (TPSA) is 60.3 Å². The van der Waals surface area contributed by atoms with Crippen LogP contribution in [0.2, 0.25) is 0 Å². The largest absolute Gasteiger partial charge is 0.497 e. The molecule has 23 heavy (non-hydrogen) atoms. The third-order valence-electron chi connectivity index (χ3n) is 3.55. The Morgan fingerprint density at radius 2 is 1.87 bits per heavy atom. The van der Waals surface area contributed by atoms with Crippen LogP contribution in [0.15, 0.2) is 24.4 Å². The highest BCUT2D eigenvalue weighted by molar-refractivity contribution is 7.80. The minimum absolute atomic E-state index is 0.531. The van der Waals surface area contributed by atoms with Crippen molar-refractivity contribution in [2.45, 2.75) is 26.9 Å². The number of rotatable bonds is 6. The summed E-state index contributed by atoms with van der Waals surface area (Å²) in [5.41, 5.74) is 3.07. The van der Waals surface area contributed by atoms with E-state index < -0.39 is 0 Å². The lowest BCUT2D eigenvalue weighted by molar-refractivity contribution is 0.395. The Kier molecular flexibility index (Phi) is 5.81. The molecule has 6 nitrogen and oxygen atoms in total. The Labute approximate surface area is 141 Å². The Bertz CT molecular complexity index is 662. The van der Waals surface area contributed by atoms with E-state index in [4.69, 9.17) is 21.7 Å². The molecule has 0 amide bonds. The molecule has 2 N–H and O–H groups in total. The van der Waals surface area contributed by atoms with Crippen LogP contribution < -0.4 is 20.1 Å². The van der Waals surface area contributed by atoms with E-state index in [0.29, 0.717) is 23.2 Å². The number of nitrogens with zero attached hydrogens (tertiary/aromatic N) is 2. The second-order valence-electron chi connectivity index (χ2n) is 4.98. The molecule has 0 spiro atoms. The normalized spacial score (nSPS) is 10.3. The summed E-state index contributed by atoms with van der Waals surface area (Å²) >= 11 is 5.34. The molecule has 0 aliphatic heterocycles. The van der Waals surface area contributed by atoms with Crippen LogP contribution in [0, 0.1) is 6.92 Å². The number of aryl methyl sites for hydroxylation is 1. The van der Waals surface area contributed by atoms with Gasteiger partial charge < -0.3 is 20.1 Å². The molecule has 0 unspecified atom stereocenters. The van der Waals surface area contributed by atoms with E-state index in [1.54, 1.807) is 14.2 Å². The SMILES string of the molecule is CCn1ncc(CNC(=S)Nc2cc(OC)cc(OC)c2)c1C. The van der Waals surface area contributed by atoms with Gasteiger partial charge in [0.05, 0.1) is 20.4 Å². The summed E-state index contributed by atoms with van der Waals surface area (Å²) in [6, 6.07) is 5.53. The number of nitrogens with one attached hydrogen (secondary N) is 2. The molecule has 0 radical (unpaired) electrons. The number of thiocarbonyl (C=S) groups is 1. The number of ether oxygens (including phenoxy) is 2. The lowest BCUT2D eigenvalue weighted by Crippen LogP contribution is -2.28. The molecule has 1 aromatic carbocycles. The van der Waals surface area contributed by atoms with Crippen molar-refractivity contribution in [3.05, 3.63) is 35.7 Å². The zero-order chi connectivity index (χ0) is 16.8. The first-order valence-corrected chi connectivity index (χ1v) is 7.77. The summed E-state index contributed by atoms with van der Waals surface area (Å²) in [6.07, 6.45) is 1.86. The van der Waals surface area contributed by atoms with Gasteiger partial charge in [0.25, 0.3) is 0 Å². The standard InChI is InChI=1S/C16H22N4O2S/c1-5-20-11(2)12(10-18-20)9-17-16(23)19-13-6-14(21-3)8-15(7-13)22-4/h6-8,10H,5,9H2,1-4H3,(H2,17,19,23). The summed E-state index contributed by atoms with van der Waals surface area (Å²) < 4.78 is 12.4. The molecular formula is C16H22N4O2S. The van der Waals surface area contributed by atoms with Gasteiger partial charge in [-0.05, 0) is 26.1 Å². The third kappa shape index (κ3) is 4.35. The fourth-order valence-electron chi connectivity index (χ4n) is 2.21. The monoisotopic (exact) mass is 334 g/mol.